The monoisotopic (exact) mass is 252 g/mol. The van der Waals surface area contributed by atoms with Gasteiger partial charge in [-0.3, -0.25) is 0 Å². The summed E-state index contributed by atoms with van der Waals surface area (Å²) < 4.78 is 2.17. The van der Waals surface area contributed by atoms with Gasteiger partial charge in [0.25, 0.3) is 0 Å². The van der Waals surface area contributed by atoms with Gasteiger partial charge < -0.3 is 4.57 Å². The van der Waals surface area contributed by atoms with E-state index >= 15 is 0 Å². The van der Waals surface area contributed by atoms with Gasteiger partial charge in [-0.25, -0.2) is 4.98 Å². The molecule has 0 aliphatic carbocycles. The van der Waals surface area contributed by atoms with Gasteiger partial charge in [0.1, 0.15) is 5.65 Å². The molecule has 0 aliphatic rings. The lowest BCUT2D eigenvalue weighted by Crippen LogP contribution is -1.93. The average molecular weight is 252 g/mol. The zero-order chi connectivity index (χ0) is 13.8. The second kappa shape index (κ2) is 5.70. The highest BCUT2D eigenvalue weighted by atomic mass is 15.0. The topological polar surface area (TPSA) is 17.8 Å². The minimum atomic E-state index is 1.05. The number of nitrogens with zero attached hydrogens (tertiary/aromatic N) is 2. The summed E-state index contributed by atoms with van der Waals surface area (Å²) in [5, 5.41) is 1.23. The molecular formula is C17H20N2. The van der Waals surface area contributed by atoms with Crippen molar-refractivity contribution in [3.05, 3.63) is 54.2 Å². The summed E-state index contributed by atoms with van der Waals surface area (Å²) in [6.07, 6.45) is 1.84. The van der Waals surface area contributed by atoms with E-state index in [1.807, 2.05) is 32.2 Å². The van der Waals surface area contributed by atoms with Crippen LogP contribution >= 0.6 is 0 Å². The van der Waals surface area contributed by atoms with Gasteiger partial charge in [0.15, 0.2) is 0 Å². The highest BCUT2D eigenvalue weighted by Crippen LogP contribution is 2.30. The van der Waals surface area contributed by atoms with Crippen molar-refractivity contribution in [2.24, 2.45) is 7.05 Å². The van der Waals surface area contributed by atoms with Gasteiger partial charge in [-0.1, -0.05) is 44.2 Å². The minimum Gasteiger partial charge on any atom is -0.328 e. The number of rotatable bonds is 1. The smallest absolute Gasteiger partial charge is 0.140 e. The maximum absolute atomic E-state index is 4.45. The van der Waals surface area contributed by atoms with Gasteiger partial charge in [-0.15, -0.1) is 0 Å². The van der Waals surface area contributed by atoms with E-state index in [1.165, 1.54) is 22.2 Å². The maximum Gasteiger partial charge on any atom is 0.140 e. The number of fused-ring (bicyclic) bond motifs is 1. The molecule has 3 aromatic rings. The quantitative estimate of drug-likeness (QED) is 0.620. The largest absolute Gasteiger partial charge is 0.328 e. The molecule has 0 unspecified atom stereocenters. The Kier molecular flexibility index (Phi) is 4.00. The van der Waals surface area contributed by atoms with Crippen LogP contribution in [-0.2, 0) is 7.05 Å². The molecule has 0 aliphatic heterocycles. The zero-order valence-corrected chi connectivity index (χ0v) is 12.0. The van der Waals surface area contributed by atoms with Crippen LogP contribution in [0.2, 0.25) is 0 Å². The van der Waals surface area contributed by atoms with E-state index in [0.717, 1.165) is 5.65 Å². The van der Waals surface area contributed by atoms with E-state index in [9.17, 15) is 0 Å². The first kappa shape index (κ1) is 13.3. The summed E-state index contributed by atoms with van der Waals surface area (Å²) in [5.74, 6) is 0. The van der Waals surface area contributed by atoms with Gasteiger partial charge in [-0.2, -0.15) is 0 Å². The molecule has 0 amide bonds. The van der Waals surface area contributed by atoms with E-state index in [2.05, 4.69) is 53.9 Å². The summed E-state index contributed by atoms with van der Waals surface area (Å²) >= 11 is 0. The van der Waals surface area contributed by atoms with Gasteiger partial charge in [0, 0.05) is 18.6 Å². The lowest BCUT2D eigenvalue weighted by Gasteiger charge is -2.05. The van der Waals surface area contributed by atoms with Gasteiger partial charge in [-0.05, 0) is 30.2 Å². The second-order valence-electron chi connectivity index (χ2n) is 4.27. The standard InChI is InChI=1S/C15H14N2.C2H6/c1-11-13-9-6-10-16-15(13)17(2)14(11)12-7-4-3-5-8-12;1-2/h3-10H,1-2H3;1-2H3. The van der Waals surface area contributed by atoms with Crippen molar-refractivity contribution >= 4 is 11.0 Å². The molecule has 2 aromatic heterocycles. The molecule has 0 bridgehead atoms. The predicted octanol–water partition coefficient (Wildman–Crippen LogP) is 4.57. The van der Waals surface area contributed by atoms with Crippen molar-refractivity contribution in [3.63, 3.8) is 0 Å². The van der Waals surface area contributed by atoms with Crippen molar-refractivity contribution in [3.8, 4) is 11.3 Å². The second-order valence-corrected chi connectivity index (χ2v) is 4.27. The van der Waals surface area contributed by atoms with Crippen molar-refractivity contribution < 1.29 is 0 Å². The number of aryl methyl sites for hydroxylation is 2. The minimum absolute atomic E-state index is 1.05. The molecule has 0 saturated carbocycles. The Morgan fingerprint density at radius 2 is 1.63 bits per heavy atom. The summed E-state index contributed by atoms with van der Waals surface area (Å²) in [4.78, 5) is 4.45. The van der Waals surface area contributed by atoms with Crippen LogP contribution in [0.5, 0.6) is 0 Å². The maximum atomic E-state index is 4.45. The number of hydrogen-bond donors (Lipinski definition) is 0. The molecule has 2 heterocycles. The molecule has 2 nitrogen and oxygen atoms in total. The third kappa shape index (κ3) is 2.26. The van der Waals surface area contributed by atoms with E-state index < -0.39 is 0 Å². The normalized spacial score (nSPS) is 10.1. The van der Waals surface area contributed by atoms with Crippen LogP contribution in [0.25, 0.3) is 22.3 Å². The Labute approximate surface area is 114 Å². The summed E-state index contributed by atoms with van der Waals surface area (Å²) in [5.41, 5.74) is 4.83. The molecule has 0 saturated heterocycles. The summed E-state index contributed by atoms with van der Waals surface area (Å²) in [6, 6.07) is 14.6. The van der Waals surface area contributed by atoms with E-state index in [0.29, 0.717) is 0 Å². The number of pyridine rings is 1. The third-order valence-electron chi connectivity index (χ3n) is 3.25. The van der Waals surface area contributed by atoms with Crippen molar-refractivity contribution in [2.75, 3.05) is 0 Å². The lowest BCUT2D eigenvalue weighted by molar-refractivity contribution is 0.953. The highest BCUT2D eigenvalue weighted by Gasteiger charge is 2.13. The zero-order valence-electron chi connectivity index (χ0n) is 12.0. The average Bonchev–Trinajstić information content (AvgIpc) is 2.75. The number of aromatic nitrogens is 2. The van der Waals surface area contributed by atoms with E-state index in [4.69, 9.17) is 0 Å². The summed E-state index contributed by atoms with van der Waals surface area (Å²) in [6.45, 7) is 6.16. The Morgan fingerprint density at radius 1 is 0.947 bits per heavy atom. The first-order valence-electron chi connectivity index (χ1n) is 6.74. The Bertz CT molecular complexity index is 627. The molecule has 98 valence electrons. The van der Waals surface area contributed by atoms with Crippen LogP contribution in [0.3, 0.4) is 0 Å². The SMILES string of the molecule is CC.Cc1c(-c2ccccc2)n(C)c2ncccc12. The molecule has 0 spiro atoms. The van der Waals surface area contributed by atoms with Gasteiger partial charge in [0.05, 0.1) is 5.69 Å². The molecular weight excluding hydrogens is 232 g/mol. The van der Waals surface area contributed by atoms with E-state index in [-0.39, 0.29) is 0 Å². The van der Waals surface area contributed by atoms with Crippen LogP contribution in [0.4, 0.5) is 0 Å². The molecule has 0 atom stereocenters. The van der Waals surface area contributed by atoms with Crippen LogP contribution < -0.4 is 0 Å². The fourth-order valence-corrected chi connectivity index (χ4v) is 2.45. The van der Waals surface area contributed by atoms with Crippen LogP contribution in [0.15, 0.2) is 48.7 Å². The fraction of sp³-hybridized carbons (Fsp3) is 0.235. The molecule has 1 aromatic carbocycles. The molecule has 0 radical (unpaired) electrons. The highest BCUT2D eigenvalue weighted by molar-refractivity contribution is 5.88. The Balaban J connectivity index is 0.000000637. The number of benzene rings is 1. The Hall–Kier alpha value is -2.09. The Morgan fingerprint density at radius 3 is 2.26 bits per heavy atom. The fourth-order valence-electron chi connectivity index (χ4n) is 2.45. The molecule has 0 N–H and O–H groups in total. The van der Waals surface area contributed by atoms with Gasteiger partial charge in [0.2, 0.25) is 0 Å². The predicted molar refractivity (Wildman–Crippen MR) is 82.2 cm³/mol. The lowest BCUT2D eigenvalue weighted by atomic mass is 10.1. The molecule has 0 fully saturated rings. The molecule has 3 rings (SSSR count). The van der Waals surface area contributed by atoms with Crippen molar-refractivity contribution in [2.45, 2.75) is 20.8 Å². The van der Waals surface area contributed by atoms with Crippen molar-refractivity contribution in [1.29, 1.82) is 0 Å². The van der Waals surface area contributed by atoms with E-state index in [1.54, 1.807) is 0 Å². The molecule has 19 heavy (non-hydrogen) atoms. The summed E-state index contributed by atoms with van der Waals surface area (Å²) in [7, 11) is 2.07. The van der Waals surface area contributed by atoms with Crippen LogP contribution in [0.1, 0.15) is 19.4 Å². The van der Waals surface area contributed by atoms with Crippen molar-refractivity contribution in [1.82, 2.24) is 9.55 Å². The third-order valence-corrected chi connectivity index (χ3v) is 3.25. The molecule has 2 heteroatoms. The first-order valence-corrected chi connectivity index (χ1v) is 6.74. The van der Waals surface area contributed by atoms with Crippen LogP contribution in [0, 0.1) is 6.92 Å². The number of hydrogen-bond acceptors (Lipinski definition) is 1. The van der Waals surface area contributed by atoms with Gasteiger partial charge >= 0.3 is 0 Å². The first-order chi connectivity index (χ1) is 9.29. The van der Waals surface area contributed by atoms with Crippen LogP contribution in [-0.4, -0.2) is 9.55 Å².